The number of thioether (sulfide) groups is 1. The Labute approximate surface area is 139 Å². The van der Waals surface area contributed by atoms with Gasteiger partial charge in [-0.2, -0.15) is 11.8 Å². The first-order chi connectivity index (χ1) is 11.1. The fourth-order valence-corrected chi connectivity index (χ4v) is 2.67. The molecule has 0 aliphatic heterocycles. The van der Waals surface area contributed by atoms with E-state index in [9.17, 15) is 4.39 Å². The van der Waals surface area contributed by atoms with E-state index in [2.05, 4.69) is 25.8 Å². The summed E-state index contributed by atoms with van der Waals surface area (Å²) in [7, 11) is 3.60. The van der Waals surface area contributed by atoms with Gasteiger partial charge in [0, 0.05) is 26.4 Å². The third-order valence-electron chi connectivity index (χ3n) is 3.36. The number of hydrogen-bond acceptors (Lipinski definition) is 4. The van der Waals surface area contributed by atoms with Gasteiger partial charge in [0.2, 0.25) is 0 Å². The van der Waals surface area contributed by atoms with Gasteiger partial charge in [-0.25, -0.2) is 4.39 Å². The van der Waals surface area contributed by atoms with Gasteiger partial charge >= 0.3 is 0 Å². The summed E-state index contributed by atoms with van der Waals surface area (Å²) in [4.78, 5) is 4.18. The lowest BCUT2D eigenvalue weighted by molar-refractivity contribution is 0.625. The van der Waals surface area contributed by atoms with Crippen LogP contribution in [-0.4, -0.2) is 34.0 Å². The Morgan fingerprint density at radius 1 is 1.30 bits per heavy atom. The van der Waals surface area contributed by atoms with E-state index >= 15 is 0 Å². The van der Waals surface area contributed by atoms with Gasteiger partial charge in [-0.3, -0.25) is 4.99 Å². The van der Waals surface area contributed by atoms with Crippen LogP contribution in [0.1, 0.15) is 17.0 Å². The van der Waals surface area contributed by atoms with E-state index in [1.807, 2.05) is 23.9 Å². The SMILES string of the molecule is CN=C(NCc1ccc(F)cc1CSC)NCc1nncn1C. The fourth-order valence-electron chi connectivity index (χ4n) is 2.09. The summed E-state index contributed by atoms with van der Waals surface area (Å²) in [6.07, 6.45) is 3.66. The van der Waals surface area contributed by atoms with Crippen molar-refractivity contribution >= 4 is 17.7 Å². The second-order valence-electron chi connectivity index (χ2n) is 4.98. The molecule has 8 heteroatoms. The Morgan fingerprint density at radius 3 is 2.74 bits per heavy atom. The highest BCUT2D eigenvalue weighted by molar-refractivity contribution is 7.97. The average Bonchev–Trinajstić information content (AvgIpc) is 2.95. The first-order valence-electron chi connectivity index (χ1n) is 7.17. The first-order valence-corrected chi connectivity index (χ1v) is 8.57. The van der Waals surface area contributed by atoms with Crippen LogP contribution in [0.25, 0.3) is 0 Å². The lowest BCUT2D eigenvalue weighted by Gasteiger charge is -2.14. The number of guanidine groups is 1. The van der Waals surface area contributed by atoms with Gasteiger partial charge in [0.05, 0.1) is 6.54 Å². The maximum Gasteiger partial charge on any atom is 0.191 e. The van der Waals surface area contributed by atoms with Crippen LogP contribution in [0, 0.1) is 5.82 Å². The molecule has 1 aromatic heterocycles. The van der Waals surface area contributed by atoms with Crippen LogP contribution in [0.4, 0.5) is 4.39 Å². The molecule has 124 valence electrons. The molecule has 0 saturated heterocycles. The third kappa shape index (κ3) is 4.95. The molecule has 2 N–H and O–H groups in total. The number of aliphatic imine (C=N–C) groups is 1. The number of halogens is 1. The monoisotopic (exact) mass is 336 g/mol. The predicted molar refractivity (Wildman–Crippen MR) is 91.7 cm³/mol. The first kappa shape index (κ1) is 17.3. The molecule has 0 saturated carbocycles. The quantitative estimate of drug-likeness (QED) is 0.621. The molecule has 0 spiro atoms. The molecule has 23 heavy (non-hydrogen) atoms. The lowest BCUT2D eigenvalue weighted by Crippen LogP contribution is -2.37. The van der Waals surface area contributed by atoms with E-state index in [4.69, 9.17) is 0 Å². The van der Waals surface area contributed by atoms with Crippen molar-refractivity contribution in [3.8, 4) is 0 Å². The summed E-state index contributed by atoms with van der Waals surface area (Å²) >= 11 is 1.67. The second-order valence-corrected chi connectivity index (χ2v) is 5.85. The van der Waals surface area contributed by atoms with Crippen LogP contribution in [0.15, 0.2) is 29.5 Å². The summed E-state index contributed by atoms with van der Waals surface area (Å²) in [5.41, 5.74) is 2.05. The second kappa shape index (κ2) is 8.52. The number of nitrogens with one attached hydrogen (secondary N) is 2. The molecule has 0 fully saturated rings. The molecule has 0 radical (unpaired) electrons. The van der Waals surface area contributed by atoms with E-state index in [-0.39, 0.29) is 5.82 Å². The maximum absolute atomic E-state index is 13.4. The average molecular weight is 336 g/mol. The number of rotatable bonds is 6. The smallest absolute Gasteiger partial charge is 0.191 e. The van der Waals surface area contributed by atoms with Gasteiger partial charge in [0.1, 0.15) is 12.1 Å². The number of aryl methyl sites for hydroxylation is 1. The Morgan fingerprint density at radius 2 is 2.09 bits per heavy atom. The van der Waals surface area contributed by atoms with Crippen molar-refractivity contribution in [2.45, 2.75) is 18.8 Å². The number of hydrogen-bond donors (Lipinski definition) is 2. The van der Waals surface area contributed by atoms with E-state index < -0.39 is 0 Å². The van der Waals surface area contributed by atoms with Crippen molar-refractivity contribution in [2.24, 2.45) is 12.0 Å². The normalized spacial score (nSPS) is 11.6. The van der Waals surface area contributed by atoms with Crippen molar-refractivity contribution < 1.29 is 4.39 Å². The molecule has 0 amide bonds. The Hall–Kier alpha value is -2.09. The van der Waals surface area contributed by atoms with Crippen LogP contribution in [0.2, 0.25) is 0 Å². The van der Waals surface area contributed by atoms with Crippen LogP contribution < -0.4 is 10.6 Å². The zero-order chi connectivity index (χ0) is 16.7. The van der Waals surface area contributed by atoms with Gasteiger partial charge in [-0.05, 0) is 29.5 Å². The molecule has 0 atom stereocenters. The number of nitrogens with zero attached hydrogens (tertiary/aromatic N) is 4. The van der Waals surface area contributed by atoms with Gasteiger partial charge < -0.3 is 15.2 Å². The van der Waals surface area contributed by atoms with Gasteiger partial charge in [-0.15, -0.1) is 10.2 Å². The Kier molecular flexibility index (Phi) is 6.40. The fraction of sp³-hybridized carbons (Fsp3) is 0.400. The summed E-state index contributed by atoms with van der Waals surface area (Å²) in [6.45, 7) is 1.10. The zero-order valence-electron chi connectivity index (χ0n) is 13.5. The van der Waals surface area contributed by atoms with E-state index in [0.717, 1.165) is 22.7 Å². The molecule has 2 aromatic rings. The van der Waals surface area contributed by atoms with Gasteiger partial charge in [0.25, 0.3) is 0 Å². The summed E-state index contributed by atoms with van der Waals surface area (Å²) < 4.78 is 15.2. The summed E-state index contributed by atoms with van der Waals surface area (Å²) in [5, 5.41) is 14.3. The van der Waals surface area contributed by atoms with Gasteiger partial charge in [0.15, 0.2) is 11.8 Å². The van der Waals surface area contributed by atoms with Crippen LogP contribution in [-0.2, 0) is 25.9 Å². The minimum Gasteiger partial charge on any atom is -0.352 e. The molecule has 2 rings (SSSR count). The van der Waals surface area contributed by atoms with Crippen molar-refractivity contribution in [3.05, 3.63) is 47.3 Å². The van der Waals surface area contributed by atoms with Crippen molar-refractivity contribution in [2.75, 3.05) is 13.3 Å². The molecular weight excluding hydrogens is 315 g/mol. The van der Waals surface area contributed by atoms with E-state index in [1.54, 1.807) is 31.2 Å². The lowest BCUT2D eigenvalue weighted by atomic mass is 10.1. The Balaban J connectivity index is 1.94. The minimum absolute atomic E-state index is 0.206. The van der Waals surface area contributed by atoms with Crippen LogP contribution in [0.5, 0.6) is 0 Å². The highest BCUT2D eigenvalue weighted by Gasteiger charge is 2.06. The molecule has 0 aliphatic rings. The van der Waals surface area contributed by atoms with Gasteiger partial charge in [-0.1, -0.05) is 6.07 Å². The van der Waals surface area contributed by atoms with Crippen molar-refractivity contribution in [1.82, 2.24) is 25.4 Å². The molecule has 0 unspecified atom stereocenters. The molecule has 0 bridgehead atoms. The summed E-state index contributed by atoms with van der Waals surface area (Å²) in [5.74, 6) is 2.05. The highest BCUT2D eigenvalue weighted by Crippen LogP contribution is 2.16. The van der Waals surface area contributed by atoms with Crippen LogP contribution in [0.3, 0.4) is 0 Å². The molecule has 1 heterocycles. The maximum atomic E-state index is 13.4. The zero-order valence-corrected chi connectivity index (χ0v) is 14.3. The van der Waals surface area contributed by atoms with Crippen LogP contribution >= 0.6 is 11.8 Å². The van der Waals surface area contributed by atoms with Crippen molar-refractivity contribution in [3.63, 3.8) is 0 Å². The topological polar surface area (TPSA) is 67.1 Å². The third-order valence-corrected chi connectivity index (χ3v) is 3.96. The Bertz CT molecular complexity index is 670. The molecular formula is C15H21FN6S. The highest BCUT2D eigenvalue weighted by atomic mass is 32.2. The number of benzene rings is 1. The molecule has 1 aromatic carbocycles. The largest absolute Gasteiger partial charge is 0.352 e. The van der Waals surface area contributed by atoms with E-state index in [1.165, 1.54) is 6.07 Å². The minimum atomic E-state index is -0.206. The molecule has 0 aliphatic carbocycles. The summed E-state index contributed by atoms with van der Waals surface area (Å²) in [6, 6.07) is 4.88. The van der Waals surface area contributed by atoms with E-state index in [0.29, 0.717) is 19.0 Å². The standard InChI is InChI=1S/C15H21FN6S/c1-17-15(19-8-14-21-20-10-22(14)2)18-7-11-4-5-13(16)6-12(11)9-23-3/h4-6,10H,7-9H2,1-3H3,(H2,17,18,19). The van der Waals surface area contributed by atoms with Crippen molar-refractivity contribution in [1.29, 1.82) is 0 Å². The predicted octanol–water partition coefficient (Wildman–Crippen LogP) is 1.68. The number of aromatic nitrogens is 3. The molecule has 6 nitrogen and oxygen atoms in total.